The molecule has 0 bridgehead atoms. The number of carbonyl (C=O) groups is 1. The van der Waals surface area contributed by atoms with Crippen molar-refractivity contribution < 1.29 is 9.53 Å². The van der Waals surface area contributed by atoms with Gasteiger partial charge in [-0.15, -0.1) is 0 Å². The summed E-state index contributed by atoms with van der Waals surface area (Å²) in [6.07, 6.45) is 3.27. The summed E-state index contributed by atoms with van der Waals surface area (Å²) in [4.78, 5) is 14.5. The third kappa shape index (κ3) is 4.33. The minimum atomic E-state index is -0.279. The van der Waals surface area contributed by atoms with E-state index in [0.29, 0.717) is 12.3 Å². The second kappa shape index (κ2) is 7.78. The van der Waals surface area contributed by atoms with Crippen LogP contribution in [0.1, 0.15) is 21.6 Å². The molecular formula is C19H17N3O2. The van der Waals surface area contributed by atoms with E-state index in [4.69, 9.17) is 4.74 Å². The highest BCUT2D eigenvalue weighted by atomic mass is 16.5. The lowest BCUT2D eigenvalue weighted by molar-refractivity contribution is 0.0951. The van der Waals surface area contributed by atoms with Crippen molar-refractivity contribution in [2.45, 2.75) is 6.61 Å². The monoisotopic (exact) mass is 319 g/mol. The highest BCUT2D eigenvalue weighted by Gasteiger charge is 2.02. The molecule has 0 spiro atoms. The SMILES string of the molecule is O=C(N/N=C\c1ccc(OCc2ccccc2)cc1)c1ccc[nH]1. The van der Waals surface area contributed by atoms with Crippen LogP contribution >= 0.6 is 0 Å². The van der Waals surface area contributed by atoms with Crippen LogP contribution in [-0.2, 0) is 6.61 Å². The summed E-state index contributed by atoms with van der Waals surface area (Å²) in [7, 11) is 0. The van der Waals surface area contributed by atoms with Crippen LogP contribution in [0.3, 0.4) is 0 Å². The molecule has 0 atom stereocenters. The van der Waals surface area contributed by atoms with Crippen LogP contribution in [0.5, 0.6) is 5.75 Å². The molecule has 1 heterocycles. The molecule has 1 amide bonds. The molecule has 1 aromatic heterocycles. The first-order valence-corrected chi connectivity index (χ1v) is 7.55. The van der Waals surface area contributed by atoms with E-state index >= 15 is 0 Å². The fraction of sp³-hybridized carbons (Fsp3) is 0.0526. The number of aromatic amines is 1. The van der Waals surface area contributed by atoms with Gasteiger partial charge < -0.3 is 9.72 Å². The third-order valence-electron chi connectivity index (χ3n) is 3.35. The Morgan fingerprint density at radius 2 is 1.83 bits per heavy atom. The lowest BCUT2D eigenvalue weighted by Gasteiger charge is -2.06. The van der Waals surface area contributed by atoms with Gasteiger partial charge in [0.2, 0.25) is 0 Å². The molecular weight excluding hydrogens is 302 g/mol. The molecule has 0 fully saturated rings. The number of nitrogens with zero attached hydrogens (tertiary/aromatic N) is 1. The molecule has 120 valence electrons. The Bertz CT molecular complexity index is 794. The largest absolute Gasteiger partial charge is 0.489 e. The van der Waals surface area contributed by atoms with Crippen LogP contribution in [0.4, 0.5) is 0 Å². The quantitative estimate of drug-likeness (QED) is 0.540. The zero-order valence-electron chi connectivity index (χ0n) is 13.0. The maximum Gasteiger partial charge on any atom is 0.287 e. The number of nitrogens with one attached hydrogen (secondary N) is 2. The first-order chi connectivity index (χ1) is 11.8. The first kappa shape index (κ1) is 15.6. The van der Waals surface area contributed by atoms with Crippen molar-refractivity contribution >= 4 is 12.1 Å². The number of hydrazone groups is 1. The van der Waals surface area contributed by atoms with E-state index in [1.165, 1.54) is 0 Å². The second-order valence-electron chi connectivity index (χ2n) is 5.13. The van der Waals surface area contributed by atoms with Gasteiger partial charge in [0.15, 0.2) is 0 Å². The predicted molar refractivity (Wildman–Crippen MR) is 93.1 cm³/mol. The summed E-state index contributed by atoms with van der Waals surface area (Å²) in [6, 6.07) is 20.9. The lowest BCUT2D eigenvalue weighted by atomic mass is 10.2. The topological polar surface area (TPSA) is 66.5 Å². The highest BCUT2D eigenvalue weighted by molar-refractivity contribution is 5.93. The van der Waals surface area contributed by atoms with Gasteiger partial charge in [-0.3, -0.25) is 4.79 Å². The molecule has 0 unspecified atom stereocenters. The van der Waals surface area contributed by atoms with Crippen molar-refractivity contribution in [1.29, 1.82) is 0 Å². The fourth-order valence-corrected chi connectivity index (χ4v) is 2.09. The van der Waals surface area contributed by atoms with Gasteiger partial charge in [-0.25, -0.2) is 5.43 Å². The molecule has 5 nitrogen and oxygen atoms in total. The number of carbonyl (C=O) groups excluding carboxylic acids is 1. The molecule has 0 aliphatic heterocycles. The van der Waals surface area contributed by atoms with Crippen LogP contribution in [-0.4, -0.2) is 17.1 Å². The molecule has 2 aromatic carbocycles. The summed E-state index contributed by atoms with van der Waals surface area (Å²) in [5, 5.41) is 3.94. The molecule has 0 saturated carbocycles. The van der Waals surface area contributed by atoms with E-state index < -0.39 is 0 Å². The Morgan fingerprint density at radius 3 is 2.54 bits per heavy atom. The van der Waals surface area contributed by atoms with Crippen LogP contribution in [0, 0.1) is 0 Å². The summed E-state index contributed by atoms with van der Waals surface area (Å²) < 4.78 is 5.72. The predicted octanol–water partition coefficient (Wildman–Crippen LogP) is 3.36. The van der Waals surface area contributed by atoms with Gasteiger partial charge in [0, 0.05) is 6.20 Å². The molecule has 3 aromatic rings. The maximum atomic E-state index is 11.7. The molecule has 5 heteroatoms. The van der Waals surface area contributed by atoms with Gasteiger partial charge in [-0.05, 0) is 47.5 Å². The summed E-state index contributed by atoms with van der Waals surface area (Å²) in [5.41, 5.74) is 4.92. The van der Waals surface area contributed by atoms with E-state index in [1.807, 2.05) is 54.6 Å². The lowest BCUT2D eigenvalue weighted by Crippen LogP contribution is -2.17. The average molecular weight is 319 g/mol. The van der Waals surface area contributed by atoms with Crippen molar-refractivity contribution in [3.05, 3.63) is 89.7 Å². The highest BCUT2D eigenvalue weighted by Crippen LogP contribution is 2.13. The van der Waals surface area contributed by atoms with E-state index in [2.05, 4.69) is 15.5 Å². The Morgan fingerprint density at radius 1 is 1.04 bits per heavy atom. The number of benzene rings is 2. The normalized spacial score (nSPS) is 10.7. The molecule has 3 rings (SSSR count). The Kier molecular flexibility index (Phi) is 5.04. The average Bonchev–Trinajstić information content (AvgIpc) is 3.17. The van der Waals surface area contributed by atoms with E-state index in [0.717, 1.165) is 16.9 Å². The Hall–Kier alpha value is -3.34. The summed E-state index contributed by atoms with van der Waals surface area (Å²) in [6.45, 7) is 0.528. The van der Waals surface area contributed by atoms with E-state index in [-0.39, 0.29) is 5.91 Å². The van der Waals surface area contributed by atoms with Gasteiger partial charge in [-0.2, -0.15) is 5.10 Å². The van der Waals surface area contributed by atoms with Gasteiger partial charge in [-0.1, -0.05) is 30.3 Å². The molecule has 2 N–H and O–H groups in total. The molecule has 24 heavy (non-hydrogen) atoms. The van der Waals surface area contributed by atoms with Gasteiger partial charge >= 0.3 is 0 Å². The Labute approximate surface area is 140 Å². The number of H-pyrrole nitrogens is 1. The van der Waals surface area contributed by atoms with Crippen LogP contribution in [0.15, 0.2) is 78.0 Å². The smallest absolute Gasteiger partial charge is 0.287 e. The minimum Gasteiger partial charge on any atom is -0.489 e. The van der Waals surface area contributed by atoms with Gasteiger partial charge in [0.05, 0.1) is 6.21 Å². The molecule has 0 aliphatic rings. The maximum absolute atomic E-state index is 11.7. The molecule has 0 aliphatic carbocycles. The van der Waals surface area contributed by atoms with Crippen LogP contribution in [0.2, 0.25) is 0 Å². The van der Waals surface area contributed by atoms with E-state index in [9.17, 15) is 4.79 Å². The minimum absolute atomic E-state index is 0.279. The standard InChI is InChI=1S/C19H17N3O2/c23-19(18-7-4-12-20-18)22-21-13-15-8-10-17(11-9-15)24-14-16-5-2-1-3-6-16/h1-13,20H,14H2,(H,22,23)/b21-13-. The van der Waals surface area contributed by atoms with E-state index in [1.54, 1.807) is 24.5 Å². The van der Waals surface area contributed by atoms with Crippen molar-refractivity contribution in [2.24, 2.45) is 5.10 Å². The molecule has 0 radical (unpaired) electrons. The number of rotatable bonds is 6. The Balaban J connectivity index is 1.51. The number of amides is 1. The summed E-state index contributed by atoms with van der Waals surface area (Å²) in [5.74, 6) is 0.505. The zero-order valence-corrected chi connectivity index (χ0v) is 13.0. The number of aromatic nitrogens is 1. The van der Waals surface area contributed by atoms with Crippen molar-refractivity contribution in [3.8, 4) is 5.75 Å². The zero-order chi connectivity index (χ0) is 16.6. The second-order valence-corrected chi connectivity index (χ2v) is 5.13. The van der Waals surface area contributed by atoms with Crippen molar-refractivity contribution in [2.75, 3.05) is 0 Å². The molecule has 0 saturated heterocycles. The first-order valence-electron chi connectivity index (χ1n) is 7.55. The van der Waals surface area contributed by atoms with Crippen molar-refractivity contribution in [3.63, 3.8) is 0 Å². The number of hydrogen-bond acceptors (Lipinski definition) is 3. The van der Waals surface area contributed by atoms with Crippen LogP contribution < -0.4 is 10.2 Å². The summed E-state index contributed by atoms with van der Waals surface area (Å²) >= 11 is 0. The third-order valence-corrected chi connectivity index (χ3v) is 3.35. The number of ether oxygens (including phenoxy) is 1. The fourth-order valence-electron chi connectivity index (χ4n) is 2.09. The van der Waals surface area contributed by atoms with Crippen LogP contribution in [0.25, 0.3) is 0 Å². The van der Waals surface area contributed by atoms with Gasteiger partial charge in [0.1, 0.15) is 18.1 Å². The van der Waals surface area contributed by atoms with Gasteiger partial charge in [0.25, 0.3) is 5.91 Å². The number of hydrogen-bond donors (Lipinski definition) is 2. The van der Waals surface area contributed by atoms with Crippen molar-refractivity contribution in [1.82, 2.24) is 10.4 Å².